The molecular formula is C14H18FN3O2. The first-order valence-electron chi connectivity index (χ1n) is 6.60. The molecule has 0 fully saturated rings. The number of hydrogen-bond donors (Lipinski definition) is 1. The van der Waals surface area contributed by atoms with E-state index in [-0.39, 0.29) is 12.4 Å². The summed E-state index contributed by atoms with van der Waals surface area (Å²) in [5, 5.41) is 6.91. The van der Waals surface area contributed by atoms with E-state index in [1.807, 2.05) is 0 Å². The molecule has 0 saturated heterocycles. The summed E-state index contributed by atoms with van der Waals surface area (Å²) in [7, 11) is 0. The molecule has 5 nitrogen and oxygen atoms in total. The van der Waals surface area contributed by atoms with Gasteiger partial charge in [0.2, 0.25) is 0 Å². The zero-order valence-electron chi connectivity index (χ0n) is 11.6. The normalized spacial score (nSPS) is 10.8. The second-order valence-corrected chi connectivity index (χ2v) is 4.45. The molecule has 6 heteroatoms. The number of benzene rings is 1. The molecule has 2 rings (SSSR count). The predicted molar refractivity (Wildman–Crippen MR) is 71.8 cm³/mol. The van der Waals surface area contributed by atoms with Crippen molar-refractivity contribution in [2.45, 2.75) is 33.4 Å². The van der Waals surface area contributed by atoms with E-state index in [9.17, 15) is 4.39 Å². The third kappa shape index (κ3) is 4.03. The molecule has 0 spiro atoms. The maximum atomic E-state index is 13.3. The van der Waals surface area contributed by atoms with Gasteiger partial charge in [-0.3, -0.25) is 0 Å². The topological polar surface area (TPSA) is 60.2 Å². The average molecular weight is 279 g/mol. The summed E-state index contributed by atoms with van der Waals surface area (Å²) in [4.78, 5) is 4.06. The number of aryl methyl sites for hydroxylation is 1. The van der Waals surface area contributed by atoms with Gasteiger partial charge in [0, 0.05) is 12.1 Å². The standard InChI is InChI=1S/C14H18FN3O2/c1-3-6-16-8-11-7-12(15)4-5-13(11)19-9-14-17-10(2)18-20-14/h4-5,7,16H,3,6,8-9H2,1-2H3. The second kappa shape index (κ2) is 7.00. The maximum Gasteiger partial charge on any atom is 0.264 e. The Kier molecular flexibility index (Phi) is 5.06. The van der Waals surface area contributed by atoms with Gasteiger partial charge in [-0.2, -0.15) is 4.98 Å². The molecule has 0 radical (unpaired) electrons. The summed E-state index contributed by atoms with van der Waals surface area (Å²) in [5.41, 5.74) is 0.773. The fourth-order valence-electron chi connectivity index (χ4n) is 1.76. The minimum atomic E-state index is -0.278. The highest BCUT2D eigenvalue weighted by Gasteiger charge is 2.08. The second-order valence-electron chi connectivity index (χ2n) is 4.45. The van der Waals surface area contributed by atoms with E-state index in [2.05, 4.69) is 22.4 Å². The van der Waals surface area contributed by atoms with E-state index in [0.29, 0.717) is 24.0 Å². The number of hydrogen-bond acceptors (Lipinski definition) is 5. The van der Waals surface area contributed by atoms with Gasteiger partial charge in [0.1, 0.15) is 11.6 Å². The fraction of sp³-hybridized carbons (Fsp3) is 0.429. The van der Waals surface area contributed by atoms with Crippen LogP contribution in [-0.2, 0) is 13.2 Å². The van der Waals surface area contributed by atoms with Crippen LogP contribution in [0.2, 0.25) is 0 Å². The number of aromatic nitrogens is 2. The van der Waals surface area contributed by atoms with Crippen LogP contribution in [0.5, 0.6) is 5.75 Å². The Bertz CT molecular complexity index is 557. The summed E-state index contributed by atoms with van der Waals surface area (Å²) in [6.45, 7) is 5.43. The monoisotopic (exact) mass is 279 g/mol. The summed E-state index contributed by atoms with van der Waals surface area (Å²) < 4.78 is 23.9. The minimum absolute atomic E-state index is 0.174. The molecule has 1 aromatic carbocycles. The molecule has 1 N–H and O–H groups in total. The summed E-state index contributed by atoms with van der Waals surface area (Å²) in [6.07, 6.45) is 1.02. The Morgan fingerprint density at radius 1 is 1.40 bits per heavy atom. The predicted octanol–water partition coefficient (Wildman–Crippen LogP) is 2.60. The first-order valence-corrected chi connectivity index (χ1v) is 6.60. The quantitative estimate of drug-likeness (QED) is 0.789. The Morgan fingerprint density at radius 2 is 2.25 bits per heavy atom. The van der Waals surface area contributed by atoms with E-state index in [0.717, 1.165) is 18.5 Å². The summed E-state index contributed by atoms with van der Waals surface area (Å²) in [6, 6.07) is 4.45. The Hall–Kier alpha value is -1.95. The molecule has 0 aliphatic carbocycles. The van der Waals surface area contributed by atoms with Gasteiger partial charge in [0.15, 0.2) is 12.4 Å². The van der Waals surface area contributed by atoms with Gasteiger partial charge >= 0.3 is 0 Å². The van der Waals surface area contributed by atoms with Crippen molar-refractivity contribution in [3.05, 3.63) is 41.3 Å². The number of halogens is 1. The van der Waals surface area contributed by atoms with E-state index < -0.39 is 0 Å². The van der Waals surface area contributed by atoms with Gasteiger partial charge in [-0.1, -0.05) is 12.1 Å². The molecular weight excluding hydrogens is 261 g/mol. The third-order valence-electron chi connectivity index (χ3n) is 2.69. The van der Waals surface area contributed by atoms with Crippen LogP contribution >= 0.6 is 0 Å². The van der Waals surface area contributed by atoms with Crippen LogP contribution in [0, 0.1) is 12.7 Å². The van der Waals surface area contributed by atoms with E-state index in [1.165, 1.54) is 12.1 Å². The molecule has 0 amide bonds. The van der Waals surface area contributed by atoms with Crippen LogP contribution in [0.15, 0.2) is 22.7 Å². The SMILES string of the molecule is CCCNCc1cc(F)ccc1OCc1nc(C)no1. The summed E-state index contributed by atoms with van der Waals surface area (Å²) in [5.74, 6) is 1.30. The Morgan fingerprint density at radius 3 is 2.95 bits per heavy atom. The van der Waals surface area contributed by atoms with Gasteiger partial charge in [0.25, 0.3) is 5.89 Å². The Labute approximate surface area is 117 Å². The lowest BCUT2D eigenvalue weighted by Crippen LogP contribution is -2.15. The molecule has 0 aliphatic heterocycles. The van der Waals surface area contributed by atoms with Crippen molar-refractivity contribution in [3.8, 4) is 5.75 Å². The lowest BCUT2D eigenvalue weighted by Gasteiger charge is -2.11. The lowest BCUT2D eigenvalue weighted by molar-refractivity contribution is 0.240. The molecule has 20 heavy (non-hydrogen) atoms. The first kappa shape index (κ1) is 14.5. The average Bonchev–Trinajstić information content (AvgIpc) is 2.84. The van der Waals surface area contributed by atoms with Crippen molar-refractivity contribution in [3.63, 3.8) is 0 Å². The Balaban J connectivity index is 2.01. The zero-order chi connectivity index (χ0) is 14.4. The van der Waals surface area contributed by atoms with Crippen molar-refractivity contribution in [2.75, 3.05) is 6.54 Å². The minimum Gasteiger partial charge on any atom is -0.483 e. The van der Waals surface area contributed by atoms with Crippen LogP contribution in [0.3, 0.4) is 0 Å². The van der Waals surface area contributed by atoms with Crippen LogP contribution in [0.4, 0.5) is 4.39 Å². The van der Waals surface area contributed by atoms with Gasteiger partial charge < -0.3 is 14.6 Å². The highest BCUT2D eigenvalue weighted by Crippen LogP contribution is 2.20. The van der Waals surface area contributed by atoms with Gasteiger partial charge in [-0.05, 0) is 38.1 Å². The molecule has 1 heterocycles. The highest BCUT2D eigenvalue weighted by molar-refractivity contribution is 5.34. The van der Waals surface area contributed by atoms with Crippen molar-refractivity contribution in [2.24, 2.45) is 0 Å². The molecule has 108 valence electrons. The molecule has 0 aliphatic rings. The fourth-order valence-corrected chi connectivity index (χ4v) is 1.76. The first-order chi connectivity index (χ1) is 9.69. The van der Waals surface area contributed by atoms with E-state index in [4.69, 9.17) is 9.26 Å². The highest BCUT2D eigenvalue weighted by atomic mass is 19.1. The molecule has 0 atom stereocenters. The number of rotatable bonds is 7. The smallest absolute Gasteiger partial charge is 0.264 e. The molecule has 0 unspecified atom stereocenters. The van der Waals surface area contributed by atoms with Crippen molar-refractivity contribution in [1.29, 1.82) is 0 Å². The van der Waals surface area contributed by atoms with Crippen LogP contribution in [0.1, 0.15) is 30.6 Å². The van der Waals surface area contributed by atoms with Crippen molar-refractivity contribution >= 4 is 0 Å². The number of nitrogens with zero attached hydrogens (tertiary/aromatic N) is 2. The third-order valence-corrected chi connectivity index (χ3v) is 2.69. The molecule has 1 aromatic heterocycles. The number of nitrogens with one attached hydrogen (secondary N) is 1. The molecule has 0 bridgehead atoms. The molecule has 0 saturated carbocycles. The van der Waals surface area contributed by atoms with E-state index >= 15 is 0 Å². The van der Waals surface area contributed by atoms with Crippen LogP contribution in [-0.4, -0.2) is 16.7 Å². The van der Waals surface area contributed by atoms with Crippen molar-refractivity contribution in [1.82, 2.24) is 15.5 Å². The number of ether oxygens (including phenoxy) is 1. The lowest BCUT2D eigenvalue weighted by atomic mass is 10.2. The van der Waals surface area contributed by atoms with Crippen LogP contribution < -0.4 is 10.1 Å². The summed E-state index contributed by atoms with van der Waals surface area (Å²) >= 11 is 0. The van der Waals surface area contributed by atoms with E-state index in [1.54, 1.807) is 13.0 Å². The van der Waals surface area contributed by atoms with Crippen molar-refractivity contribution < 1.29 is 13.7 Å². The largest absolute Gasteiger partial charge is 0.483 e. The van der Waals surface area contributed by atoms with Gasteiger partial charge in [-0.25, -0.2) is 4.39 Å². The van der Waals surface area contributed by atoms with Crippen LogP contribution in [0.25, 0.3) is 0 Å². The maximum absolute atomic E-state index is 13.3. The molecule has 2 aromatic rings. The van der Waals surface area contributed by atoms with Gasteiger partial charge in [0.05, 0.1) is 0 Å². The zero-order valence-corrected chi connectivity index (χ0v) is 11.6. The van der Waals surface area contributed by atoms with Gasteiger partial charge in [-0.15, -0.1) is 0 Å².